The van der Waals surface area contributed by atoms with Gasteiger partial charge in [0.2, 0.25) is 0 Å². The van der Waals surface area contributed by atoms with Crippen molar-refractivity contribution in [1.29, 1.82) is 5.26 Å². The molecule has 0 N–H and O–H groups in total. The first-order valence-electron chi connectivity index (χ1n) is 13.6. The van der Waals surface area contributed by atoms with Crippen LogP contribution in [-0.2, 0) is 9.53 Å². The molecule has 4 rings (SSSR count). The lowest BCUT2D eigenvalue weighted by molar-refractivity contribution is -0.139. The maximum Gasteiger partial charge on any atom is 0.338 e. The standard InChI is InChI=1S/C31H32IN3O7S/c1-7-39-24-14-19(13-21(32)28(24)41-12-11-33)15-25-29(36)35-27(20-9-10-22(42-17(3)4)23(16-20)38-6)26(30(37)40-8-2)18(5)34-31(35)43-25/h9-10,13-17,27H,7-8,12H2,1-6H3/b25-15-/t27-/m1/s1. The second kappa shape index (κ2) is 14.1. The lowest BCUT2D eigenvalue weighted by atomic mass is 9.95. The Morgan fingerprint density at radius 3 is 2.58 bits per heavy atom. The smallest absolute Gasteiger partial charge is 0.338 e. The van der Waals surface area contributed by atoms with Gasteiger partial charge in [-0.1, -0.05) is 17.4 Å². The summed E-state index contributed by atoms with van der Waals surface area (Å²) in [4.78, 5) is 32.4. The summed E-state index contributed by atoms with van der Waals surface area (Å²) < 4.78 is 30.9. The predicted molar refractivity (Wildman–Crippen MR) is 171 cm³/mol. The largest absolute Gasteiger partial charge is 0.493 e. The lowest BCUT2D eigenvalue weighted by Gasteiger charge is -2.25. The lowest BCUT2D eigenvalue weighted by Crippen LogP contribution is -2.40. The molecule has 1 aliphatic rings. The average Bonchev–Trinajstić information content (AvgIpc) is 3.26. The van der Waals surface area contributed by atoms with Crippen molar-refractivity contribution in [1.82, 2.24) is 4.57 Å². The fourth-order valence-electron chi connectivity index (χ4n) is 4.64. The van der Waals surface area contributed by atoms with Crippen molar-refractivity contribution in [2.45, 2.75) is 46.8 Å². The van der Waals surface area contributed by atoms with Crippen LogP contribution in [0.1, 0.15) is 51.8 Å². The van der Waals surface area contributed by atoms with Gasteiger partial charge in [-0.2, -0.15) is 5.26 Å². The third kappa shape index (κ3) is 6.88. The van der Waals surface area contributed by atoms with E-state index in [2.05, 4.69) is 27.6 Å². The summed E-state index contributed by atoms with van der Waals surface area (Å²) in [5.41, 5.74) is 1.77. The first-order valence-corrected chi connectivity index (χ1v) is 15.5. The van der Waals surface area contributed by atoms with Crippen molar-refractivity contribution in [2.24, 2.45) is 4.99 Å². The van der Waals surface area contributed by atoms with E-state index in [-0.39, 0.29) is 30.5 Å². The zero-order valence-corrected chi connectivity index (χ0v) is 27.7. The van der Waals surface area contributed by atoms with Crippen LogP contribution in [0, 0.1) is 14.9 Å². The molecular weight excluding hydrogens is 685 g/mol. The number of allylic oxidation sites excluding steroid dienone is 1. The van der Waals surface area contributed by atoms with Crippen molar-refractivity contribution in [3.8, 4) is 29.1 Å². The van der Waals surface area contributed by atoms with Gasteiger partial charge in [0.1, 0.15) is 6.07 Å². The van der Waals surface area contributed by atoms with Crippen molar-refractivity contribution in [2.75, 3.05) is 26.9 Å². The first-order chi connectivity index (χ1) is 20.6. The van der Waals surface area contributed by atoms with Gasteiger partial charge >= 0.3 is 5.97 Å². The van der Waals surface area contributed by atoms with Crippen LogP contribution in [0.2, 0.25) is 0 Å². The highest BCUT2D eigenvalue weighted by Crippen LogP contribution is 2.37. The minimum atomic E-state index is -0.805. The summed E-state index contributed by atoms with van der Waals surface area (Å²) in [6.07, 6.45) is 1.68. The Morgan fingerprint density at radius 2 is 1.93 bits per heavy atom. The van der Waals surface area contributed by atoms with Crippen molar-refractivity contribution >= 4 is 46.0 Å². The summed E-state index contributed by atoms with van der Waals surface area (Å²) in [5.74, 6) is 1.42. The third-order valence-corrected chi connectivity index (χ3v) is 8.08. The number of hydrogen-bond acceptors (Lipinski definition) is 10. The van der Waals surface area contributed by atoms with Crippen LogP contribution in [0.25, 0.3) is 6.08 Å². The summed E-state index contributed by atoms with van der Waals surface area (Å²) >= 11 is 3.33. The monoisotopic (exact) mass is 717 g/mol. The molecule has 1 aromatic heterocycles. The minimum absolute atomic E-state index is 0.0760. The van der Waals surface area contributed by atoms with Crippen LogP contribution in [0.3, 0.4) is 0 Å². The number of rotatable bonds is 11. The summed E-state index contributed by atoms with van der Waals surface area (Å²) in [7, 11) is 1.54. The van der Waals surface area contributed by atoms with Gasteiger partial charge in [0.05, 0.1) is 51.8 Å². The SMILES string of the molecule is CCOC(=O)C1=C(C)N=c2s/c(=C\c3cc(I)c(OCC#N)c(OCC)c3)c(=O)n2[C@@H]1c1ccc(OC(C)C)c(OC)c1. The summed E-state index contributed by atoms with van der Waals surface area (Å²) in [6, 6.07) is 10.1. The quantitative estimate of drug-likeness (QED) is 0.210. The Hall–Kier alpha value is -3.83. The van der Waals surface area contributed by atoms with Crippen LogP contribution in [0.4, 0.5) is 0 Å². The van der Waals surface area contributed by atoms with Crippen LogP contribution in [-0.4, -0.2) is 43.6 Å². The molecule has 10 nitrogen and oxygen atoms in total. The fraction of sp³-hybridized carbons (Fsp3) is 0.355. The highest BCUT2D eigenvalue weighted by atomic mass is 127. The van der Waals surface area contributed by atoms with Gasteiger partial charge in [0.25, 0.3) is 5.56 Å². The second-order valence-electron chi connectivity index (χ2n) is 9.59. The number of nitrogens with zero attached hydrogens (tertiary/aromatic N) is 3. The maximum atomic E-state index is 14.1. The Balaban J connectivity index is 1.92. The van der Waals surface area contributed by atoms with Gasteiger partial charge in [-0.3, -0.25) is 9.36 Å². The molecule has 0 saturated heterocycles. The molecule has 12 heteroatoms. The van der Waals surface area contributed by atoms with E-state index < -0.39 is 12.0 Å². The number of thiazole rings is 1. The molecule has 0 spiro atoms. The molecule has 0 unspecified atom stereocenters. The normalized spacial score (nSPS) is 14.6. The van der Waals surface area contributed by atoms with E-state index >= 15 is 0 Å². The molecule has 1 atom stereocenters. The van der Waals surface area contributed by atoms with Gasteiger partial charge in [-0.25, -0.2) is 9.79 Å². The number of nitriles is 1. The average molecular weight is 718 g/mol. The summed E-state index contributed by atoms with van der Waals surface area (Å²) in [6.45, 7) is 9.60. The van der Waals surface area contributed by atoms with Gasteiger partial charge < -0.3 is 23.7 Å². The Morgan fingerprint density at radius 1 is 1.16 bits per heavy atom. The molecule has 1 aliphatic heterocycles. The van der Waals surface area contributed by atoms with Gasteiger partial charge in [-0.05, 0) is 98.7 Å². The molecule has 0 bridgehead atoms. The number of aromatic nitrogens is 1. The molecule has 0 aliphatic carbocycles. The number of hydrogen-bond donors (Lipinski definition) is 0. The van der Waals surface area contributed by atoms with Crippen molar-refractivity contribution in [3.63, 3.8) is 0 Å². The molecule has 0 radical (unpaired) electrons. The number of fused-ring (bicyclic) bond motifs is 1. The molecule has 3 aromatic rings. The highest BCUT2D eigenvalue weighted by Gasteiger charge is 2.34. The van der Waals surface area contributed by atoms with E-state index in [1.165, 1.54) is 15.9 Å². The minimum Gasteiger partial charge on any atom is -0.493 e. The predicted octanol–water partition coefficient (Wildman–Crippen LogP) is 4.50. The first kappa shape index (κ1) is 32.1. The molecule has 226 valence electrons. The van der Waals surface area contributed by atoms with Crippen molar-refractivity contribution < 1.29 is 28.5 Å². The number of carbonyl (C=O) groups is 1. The highest BCUT2D eigenvalue weighted by molar-refractivity contribution is 14.1. The van der Waals surface area contributed by atoms with Crippen molar-refractivity contribution in [3.05, 3.63) is 76.0 Å². The van der Waals surface area contributed by atoms with Crippen LogP contribution < -0.4 is 33.8 Å². The Labute approximate surface area is 267 Å². The van der Waals surface area contributed by atoms with E-state index in [0.717, 1.165) is 3.57 Å². The number of esters is 1. The van der Waals surface area contributed by atoms with Gasteiger partial charge in [0.15, 0.2) is 34.4 Å². The molecule has 0 saturated carbocycles. The maximum absolute atomic E-state index is 14.1. The van der Waals surface area contributed by atoms with E-state index in [4.69, 9.17) is 28.9 Å². The fourth-order valence-corrected chi connectivity index (χ4v) is 6.47. The van der Waals surface area contributed by atoms with Crippen LogP contribution in [0.15, 0.2) is 51.4 Å². The number of halogens is 1. The molecule has 2 heterocycles. The van der Waals surface area contributed by atoms with E-state index in [1.807, 2.05) is 39.0 Å². The zero-order chi connectivity index (χ0) is 31.3. The zero-order valence-electron chi connectivity index (χ0n) is 24.7. The third-order valence-electron chi connectivity index (χ3n) is 6.29. The molecule has 0 fully saturated rings. The van der Waals surface area contributed by atoms with Gasteiger partial charge in [-0.15, -0.1) is 0 Å². The van der Waals surface area contributed by atoms with Crippen LogP contribution in [0.5, 0.6) is 23.0 Å². The Kier molecular flexibility index (Phi) is 10.5. The number of benzene rings is 2. The van der Waals surface area contributed by atoms with E-state index in [1.54, 1.807) is 45.2 Å². The van der Waals surface area contributed by atoms with E-state index in [0.29, 0.717) is 55.8 Å². The van der Waals surface area contributed by atoms with Gasteiger partial charge in [0, 0.05) is 0 Å². The topological polar surface area (TPSA) is 121 Å². The van der Waals surface area contributed by atoms with Crippen LogP contribution >= 0.6 is 33.9 Å². The molecule has 2 aromatic carbocycles. The molecular formula is C31H32IN3O7S. The summed E-state index contributed by atoms with van der Waals surface area (Å²) in [5, 5.41) is 8.97. The molecule has 43 heavy (non-hydrogen) atoms. The Bertz CT molecular complexity index is 1790. The molecule has 0 amide bonds. The number of ether oxygens (including phenoxy) is 5. The second-order valence-corrected chi connectivity index (χ2v) is 11.8. The van der Waals surface area contributed by atoms with E-state index in [9.17, 15) is 9.59 Å². The number of carbonyl (C=O) groups excluding carboxylic acids is 1. The number of methoxy groups -OCH3 is 1.